The number of nitrogens with one attached hydrogen (secondary N) is 1. The van der Waals surface area contributed by atoms with Crippen LogP contribution in [0.4, 0.5) is 21.5 Å². The normalized spacial score (nSPS) is 10.1. The second-order valence-electron chi connectivity index (χ2n) is 3.70. The molecule has 2 aromatic carbocycles. The average Bonchev–Trinajstić information content (AvgIpc) is 2.27. The number of hydrogen-bond acceptors (Lipinski definition) is 2. The zero-order valence-corrected chi connectivity index (χ0v) is 9.00. The van der Waals surface area contributed by atoms with Crippen LogP contribution in [0.2, 0.25) is 0 Å². The molecule has 0 saturated carbocycles. The molecule has 0 aliphatic rings. The van der Waals surface area contributed by atoms with Crippen LogP contribution in [0.1, 0.15) is 5.56 Å². The van der Waals surface area contributed by atoms with Crippen molar-refractivity contribution < 1.29 is 4.39 Å². The van der Waals surface area contributed by atoms with Gasteiger partial charge in [0.2, 0.25) is 0 Å². The van der Waals surface area contributed by atoms with E-state index in [1.165, 1.54) is 12.1 Å². The first-order valence-electron chi connectivity index (χ1n) is 5.04. The maximum Gasteiger partial charge on any atom is 0.123 e. The van der Waals surface area contributed by atoms with Crippen LogP contribution in [-0.4, -0.2) is 0 Å². The minimum Gasteiger partial charge on any atom is -0.399 e. The number of halogens is 1. The smallest absolute Gasteiger partial charge is 0.123 e. The second kappa shape index (κ2) is 4.23. The van der Waals surface area contributed by atoms with Crippen molar-refractivity contribution in [2.45, 2.75) is 6.92 Å². The maximum atomic E-state index is 12.7. The van der Waals surface area contributed by atoms with E-state index in [2.05, 4.69) is 5.32 Å². The molecule has 0 saturated heterocycles. The van der Waals surface area contributed by atoms with Gasteiger partial charge in [0.1, 0.15) is 5.82 Å². The summed E-state index contributed by atoms with van der Waals surface area (Å²) in [6.07, 6.45) is 0. The topological polar surface area (TPSA) is 38.0 Å². The molecule has 0 aromatic heterocycles. The first-order valence-corrected chi connectivity index (χ1v) is 5.04. The van der Waals surface area contributed by atoms with Gasteiger partial charge in [0.05, 0.1) is 0 Å². The van der Waals surface area contributed by atoms with Gasteiger partial charge in [0.25, 0.3) is 0 Å². The van der Waals surface area contributed by atoms with Crippen molar-refractivity contribution in [2.75, 3.05) is 11.1 Å². The van der Waals surface area contributed by atoms with E-state index in [0.29, 0.717) is 0 Å². The van der Waals surface area contributed by atoms with E-state index >= 15 is 0 Å². The van der Waals surface area contributed by atoms with Crippen molar-refractivity contribution in [3.05, 3.63) is 53.8 Å². The summed E-state index contributed by atoms with van der Waals surface area (Å²) in [5, 5.41) is 3.18. The van der Waals surface area contributed by atoms with Crippen LogP contribution in [0.25, 0.3) is 0 Å². The molecule has 2 aromatic rings. The Morgan fingerprint density at radius 1 is 1.00 bits per heavy atom. The summed E-state index contributed by atoms with van der Waals surface area (Å²) in [4.78, 5) is 0. The van der Waals surface area contributed by atoms with E-state index in [-0.39, 0.29) is 5.82 Å². The highest BCUT2D eigenvalue weighted by atomic mass is 19.1. The number of aryl methyl sites for hydroxylation is 1. The molecule has 3 heteroatoms. The fourth-order valence-corrected chi connectivity index (χ4v) is 1.45. The van der Waals surface area contributed by atoms with E-state index in [9.17, 15) is 4.39 Å². The summed E-state index contributed by atoms with van der Waals surface area (Å²) in [5.74, 6) is -0.237. The average molecular weight is 216 g/mol. The molecule has 0 spiro atoms. The fraction of sp³-hybridized carbons (Fsp3) is 0.0769. The first kappa shape index (κ1) is 10.5. The molecule has 2 nitrogen and oxygen atoms in total. The number of benzene rings is 2. The Balaban J connectivity index is 2.20. The zero-order valence-electron chi connectivity index (χ0n) is 9.00. The minimum atomic E-state index is -0.237. The van der Waals surface area contributed by atoms with Crippen LogP contribution in [-0.2, 0) is 0 Å². The minimum absolute atomic E-state index is 0.237. The molecule has 0 atom stereocenters. The number of hydrogen-bond donors (Lipinski definition) is 2. The summed E-state index contributed by atoms with van der Waals surface area (Å²) in [6.45, 7) is 1.95. The Morgan fingerprint density at radius 3 is 2.25 bits per heavy atom. The van der Waals surface area contributed by atoms with E-state index in [0.717, 1.165) is 22.6 Å². The van der Waals surface area contributed by atoms with E-state index in [1.807, 2.05) is 25.1 Å². The molecule has 2 rings (SSSR count). The zero-order chi connectivity index (χ0) is 11.5. The van der Waals surface area contributed by atoms with Gasteiger partial charge in [-0.1, -0.05) is 0 Å². The predicted molar refractivity (Wildman–Crippen MR) is 65.3 cm³/mol. The van der Waals surface area contributed by atoms with Crippen LogP contribution in [0.5, 0.6) is 0 Å². The Hall–Kier alpha value is -2.03. The fourth-order valence-electron chi connectivity index (χ4n) is 1.45. The largest absolute Gasteiger partial charge is 0.399 e. The predicted octanol–water partition coefficient (Wildman–Crippen LogP) is 3.46. The number of rotatable bonds is 2. The summed E-state index contributed by atoms with van der Waals surface area (Å²) in [5.41, 5.74) is 9.31. The molecule has 3 N–H and O–H groups in total. The lowest BCUT2D eigenvalue weighted by atomic mass is 10.2. The Morgan fingerprint density at radius 2 is 1.62 bits per heavy atom. The van der Waals surface area contributed by atoms with Crippen LogP contribution < -0.4 is 11.1 Å². The number of nitrogen functional groups attached to an aromatic ring is 1. The molecule has 0 heterocycles. The highest BCUT2D eigenvalue weighted by molar-refractivity contribution is 5.64. The van der Waals surface area contributed by atoms with E-state index < -0.39 is 0 Å². The van der Waals surface area contributed by atoms with Gasteiger partial charge in [-0.3, -0.25) is 0 Å². The standard InChI is InChI=1S/C13H13FN2/c1-9-8-12(6-7-13(9)15)16-11-4-2-10(14)3-5-11/h2-8,16H,15H2,1H3. The number of anilines is 3. The second-order valence-corrected chi connectivity index (χ2v) is 3.70. The molecule has 0 radical (unpaired) electrons. The summed E-state index contributed by atoms with van der Waals surface area (Å²) >= 11 is 0. The lowest BCUT2D eigenvalue weighted by Crippen LogP contribution is -1.93. The van der Waals surface area contributed by atoms with Crippen LogP contribution >= 0.6 is 0 Å². The third kappa shape index (κ3) is 2.31. The summed E-state index contributed by atoms with van der Waals surface area (Å²) in [7, 11) is 0. The van der Waals surface area contributed by atoms with Gasteiger partial charge in [-0.05, 0) is 55.0 Å². The SMILES string of the molecule is Cc1cc(Nc2ccc(F)cc2)ccc1N. The first-order chi connectivity index (χ1) is 7.65. The highest BCUT2D eigenvalue weighted by Gasteiger charge is 1.98. The molecule has 16 heavy (non-hydrogen) atoms. The van der Waals surface area contributed by atoms with Crippen molar-refractivity contribution in [2.24, 2.45) is 0 Å². The summed E-state index contributed by atoms with van der Waals surface area (Å²) in [6, 6.07) is 11.9. The molecule has 0 aliphatic carbocycles. The lowest BCUT2D eigenvalue weighted by Gasteiger charge is -2.08. The molecule has 0 fully saturated rings. The van der Waals surface area contributed by atoms with Crippen LogP contribution in [0.3, 0.4) is 0 Å². The molecule has 82 valence electrons. The monoisotopic (exact) mass is 216 g/mol. The van der Waals surface area contributed by atoms with Crippen molar-refractivity contribution >= 4 is 17.1 Å². The van der Waals surface area contributed by atoms with Crippen molar-refractivity contribution in [1.82, 2.24) is 0 Å². The third-order valence-electron chi connectivity index (χ3n) is 2.40. The molecule has 0 unspecified atom stereocenters. The van der Waals surface area contributed by atoms with Gasteiger partial charge in [-0.25, -0.2) is 4.39 Å². The highest BCUT2D eigenvalue weighted by Crippen LogP contribution is 2.20. The molecular weight excluding hydrogens is 203 g/mol. The molecule has 0 amide bonds. The molecule has 0 aliphatic heterocycles. The van der Waals surface area contributed by atoms with Crippen molar-refractivity contribution in [3.63, 3.8) is 0 Å². The van der Waals surface area contributed by atoms with Gasteiger partial charge < -0.3 is 11.1 Å². The van der Waals surface area contributed by atoms with Gasteiger partial charge in [0.15, 0.2) is 0 Å². The van der Waals surface area contributed by atoms with Crippen LogP contribution in [0.15, 0.2) is 42.5 Å². The quantitative estimate of drug-likeness (QED) is 0.754. The van der Waals surface area contributed by atoms with Gasteiger partial charge in [0, 0.05) is 17.1 Å². The van der Waals surface area contributed by atoms with Crippen molar-refractivity contribution in [1.29, 1.82) is 0 Å². The van der Waals surface area contributed by atoms with Gasteiger partial charge in [-0.2, -0.15) is 0 Å². The summed E-state index contributed by atoms with van der Waals surface area (Å²) < 4.78 is 12.7. The molecular formula is C13H13FN2. The van der Waals surface area contributed by atoms with Crippen LogP contribution in [0, 0.1) is 12.7 Å². The van der Waals surface area contributed by atoms with Crippen molar-refractivity contribution in [3.8, 4) is 0 Å². The van der Waals surface area contributed by atoms with Gasteiger partial charge in [-0.15, -0.1) is 0 Å². The van der Waals surface area contributed by atoms with E-state index in [4.69, 9.17) is 5.73 Å². The Labute approximate surface area is 93.9 Å². The Kier molecular flexibility index (Phi) is 2.77. The van der Waals surface area contributed by atoms with E-state index in [1.54, 1.807) is 12.1 Å². The third-order valence-corrected chi connectivity index (χ3v) is 2.40. The number of nitrogens with two attached hydrogens (primary N) is 1. The lowest BCUT2D eigenvalue weighted by molar-refractivity contribution is 0.628. The Bertz CT molecular complexity index is 492. The van der Waals surface area contributed by atoms with Gasteiger partial charge >= 0.3 is 0 Å². The molecule has 0 bridgehead atoms. The maximum absolute atomic E-state index is 12.7.